The maximum Gasteiger partial charge on any atom is 0.115 e. The first-order valence-electron chi connectivity index (χ1n) is 8.51. The van der Waals surface area contributed by atoms with Gasteiger partial charge in [0, 0.05) is 6.61 Å². The van der Waals surface area contributed by atoms with Crippen molar-refractivity contribution in [2.75, 3.05) is 6.61 Å². The lowest BCUT2D eigenvalue weighted by Crippen LogP contribution is -2.28. The third-order valence-corrected chi connectivity index (χ3v) is 3.79. The smallest absolute Gasteiger partial charge is 0.115 e. The monoisotopic (exact) mass is 310 g/mol. The van der Waals surface area contributed by atoms with Crippen LogP contribution >= 0.6 is 0 Å². The van der Waals surface area contributed by atoms with Crippen LogP contribution in [0.5, 0.6) is 0 Å². The molecule has 0 unspecified atom stereocenters. The topological polar surface area (TPSA) is 9.23 Å². The summed E-state index contributed by atoms with van der Waals surface area (Å²) in [5.41, 5.74) is 2.06. The molecule has 0 aliphatic rings. The summed E-state index contributed by atoms with van der Waals surface area (Å²) in [6.45, 7) is 10.4. The fraction of sp³-hybridized carbons (Fsp3) is 0.364. The first kappa shape index (κ1) is 19.2. The minimum atomic E-state index is -0.365. The van der Waals surface area contributed by atoms with Gasteiger partial charge in [0.2, 0.25) is 0 Å². The molecule has 0 atom stereocenters. The van der Waals surface area contributed by atoms with Gasteiger partial charge in [0.15, 0.2) is 0 Å². The predicted molar refractivity (Wildman–Crippen MR) is 101 cm³/mol. The highest BCUT2D eigenvalue weighted by Gasteiger charge is 2.29. The fourth-order valence-electron chi connectivity index (χ4n) is 2.47. The molecule has 2 rings (SSSR count). The Morgan fingerprint density at radius 2 is 1.35 bits per heavy atom. The standard InChI is InChI=1S/C19H24O.C3H6/c1-3-4-11-16-20-19(2,17-12-7-5-8-13-17)18-14-9-6-10-15-18;1-3-2/h5-10,12-15H,3-4,11,16H2,1-2H3;3H,1H2,2H3. The molecule has 1 heteroatoms. The van der Waals surface area contributed by atoms with Crippen LogP contribution in [0.25, 0.3) is 0 Å². The second-order valence-electron chi connectivity index (χ2n) is 5.73. The normalized spacial score (nSPS) is 10.6. The van der Waals surface area contributed by atoms with E-state index in [-0.39, 0.29) is 5.60 Å². The highest BCUT2D eigenvalue weighted by molar-refractivity contribution is 5.35. The number of ether oxygens (including phenoxy) is 1. The number of rotatable bonds is 7. The van der Waals surface area contributed by atoms with Crippen LogP contribution in [-0.4, -0.2) is 6.61 Å². The average Bonchev–Trinajstić information content (AvgIpc) is 2.61. The third kappa shape index (κ3) is 6.03. The molecule has 0 amide bonds. The van der Waals surface area contributed by atoms with E-state index in [0.29, 0.717) is 0 Å². The number of benzene rings is 2. The van der Waals surface area contributed by atoms with Gasteiger partial charge in [-0.1, -0.05) is 86.5 Å². The van der Waals surface area contributed by atoms with Gasteiger partial charge in [-0.3, -0.25) is 0 Å². The van der Waals surface area contributed by atoms with Crippen molar-refractivity contribution >= 4 is 0 Å². The first-order valence-corrected chi connectivity index (χ1v) is 8.51. The maximum atomic E-state index is 6.30. The van der Waals surface area contributed by atoms with Crippen molar-refractivity contribution in [3.63, 3.8) is 0 Å². The van der Waals surface area contributed by atoms with E-state index in [9.17, 15) is 0 Å². The molecule has 0 spiro atoms. The Morgan fingerprint density at radius 1 is 0.913 bits per heavy atom. The lowest BCUT2D eigenvalue weighted by atomic mass is 9.88. The van der Waals surface area contributed by atoms with Gasteiger partial charge in [-0.05, 0) is 31.4 Å². The molecule has 124 valence electrons. The summed E-state index contributed by atoms with van der Waals surface area (Å²) in [5.74, 6) is 0. The van der Waals surface area contributed by atoms with Crippen molar-refractivity contribution in [2.45, 2.75) is 45.6 Å². The second-order valence-corrected chi connectivity index (χ2v) is 5.73. The van der Waals surface area contributed by atoms with Gasteiger partial charge in [-0.2, -0.15) is 0 Å². The van der Waals surface area contributed by atoms with Crippen LogP contribution < -0.4 is 0 Å². The van der Waals surface area contributed by atoms with E-state index in [0.717, 1.165) is 13.0 Å². The molecule has 2 aromatic rings. The number of allylic oxidation sites excluding steroid dienone is 1. The van der Waals surface area contributed by atoms with E-state index >= 15 is 0 Å². The Bertz CT molecular complexity index is 491. The molecule has 0 heterocycles. The van der Waals surface area contributed by atoms with Crippen LogP contribution in [0.4, 0.5) is 0 Å². The van der Waals surface area contributed by atoms with Gasteiger partial charge < -0.3 is 4.74 Å². The fourth-order valence-corrected chi connectivity index (χ4v) is 2.47. The Labute approximate surface area is 142 Å². The minimum absolute atomic E-state index is 0.365. The zero-order valence-corrected chi connectivity index (χ0v) is 14.8. The summed E-state index contributed by atoms with van der Waals surface area (Å²) in [6.07, 6.45) is 5.31. The molecular weight excluding hydrogens is 280 g/mol. The van der Waals surface area contributed by atoms with E-state index in [4.69, 9.17) is 4.74 Å². The van der Waals surface area contributed by atoms with Gasteiger partial charge in [0.25, 0.3) is 0 Å². The molecule has 0 radical (unpaired) electrons. The van der Waals surface area contributed by atoms with Gasteiger partial charge in [-0.15, -0.1) is 6.58 Å². The van der Waals surface area contributed by atoms with Crippen molar-refractivity contribution in [1.82, 2.24) is 0 Å². The molecule has 1 nitrogen and oxygen atoms in total. The van der Waals surface area contributed by atoms with Crippen molar-refractivity contribution in [2.24, 2.45) is 0 Å². The summed E-state index contributed by atoms with van der Waals surface area (Å²) in [4.78, 5) is 0. The van der Waals surface area contributed by atoms with E-state index in [1.165, 1.54) is 24.0 Å². The van der Waals surface area contributed by atoms with Crippen molar-refractivity contribution < 1.29 is 4.74 Å². The lowest BCUT2D eigenvalue weighted by molar-refractivity contribution is -0.00599. The van der Waals surface area contributed by atoms with Crippen molar-refractivity contribution in [1.29, 1.82) is 0 Å². The predicted octanol–water partition coefficient (Wildman–Crippen LogP) is 6.35. The van der Waals surface area contributed by atoms with Crippen molar-refractivity contribution in [3.05, 3.63) is 84.4 Å². The Morgan fingerprint density at radius 3 is 1.74 bits per heavy atom. The molecule has 23 heavy (non-hydrogen) atoms. The Balaban J connectivity index is 0.000000816. The zero-order valence-electron chi connectivity index (χ0n) is 14.8. The number of unbranched alkanes of at least 4 members (excludes halogenated alkanes) is 2. The summed E-state index contributed by atoms with van der Waals surface area (Å²) in [7, 11) is 0. The van der Waals surface area contributed by atoms with Crippen LogP contribution in [0, 0.1) is 0 Å². The lowest BCUT2D eigenvalue weighted by Gasteiger charge is -2.31. The molecule has 0 aromatic heterocycles. The number of hydrogen-bond donors (Lipinski definition) is 0. The summed E-state index contributed by atoms with van der Waals surface area (Å²) in [5, 5.41) is 0. The average molecular weight is 310 g/mol. The Kier molecular flexibility index (Phi) is 9.01. The molecule has 0 bridgehead atoms. The zero-order chi connectivity index (χ0) is 17.0. The molecular formula is C22H30O. The quantitative estimate of drug-likeness (QED) is 0.427. The molecule has 0 saturated carbocycles. The van der Waals surface area contributed by atoms with Gasteiger partial charge in [0.1, 0.15) is 5.60 Å². The van der Waals surface area contributed by atoms with Gasteiger partial charge in [0.05, 0.1) is 0 Å². The SMILES string of the molecule is C=CC.CCCCCOC(C)(c1ccccc1)c1ccccc1. The van der Waals surface area contributed by atoms with E-state index in [2.05, 4.69) is 69.0 Å². The van der Waals surface area contributed by atoms with Crippen LogP contribution in [0.3, 0.4) is 0 Å². The van der Waals surface area contributed by atoms with Crippen LogP contribution in [0.2, 0.25) is 0 Å². The molecule has 0 saturated heterocycles. The van der Waals surface area contributed by atoms with Gasteiger partial charge >= 0.3 is 0 Å². The molecule has 0 N–H and O–H groups in total. The third-order valence-electron chi connectivity index (χ3n) is 3.79. The summed E-state index contributed by atoms with van der Waals surface area (Å²) in [6, 6.07) is 21.0. The van der Waals surface area contributed by atoms with E-state index in [1.54, 1.807) is 6.08 Å². The van der Waals surface area contributed by atoms with Crippen LogP contribution in [0.1, 0.15) is 51.2 Å². The Hall–Kier alpha value is -1.86. The van der Waals surface area contributed by atoms with Crippen LogP contribution in [-0.2, 0) is 10.3 Å². The molecule has 0 aliphatic heterocycles. The van der Waals surface area contributed by atoms with Crippen LogP contribution in [0.15, 0.2) is 73.3 Å². The number of hydrogen-bond acceptors (Lipinski definition) is 1. The van der Waals surface area contributed by atoms with E-state index in [1.807, 2.05) is 19.1 Å². The second kappa shape index (κ2) is 10.8. The highest BCUT2D eigenvalue weighted by Crippen LogP contribution is 2.33. The highest BCUT2D eigenvalue weighted by atomic mass is 16.5. The molecule has 0 aliphatic carbocycles. The van der Waals surface area contributed by atoms with E-state index < -0.39 is 0 Å². The summed E-state index contributed by atoms with van der Waals surface area (Å²) >= 11 is 0. The van der Waals surface area contributed by atoms with Gasteiger partial charge in [-0.25, -0.2) is 0 Å². The molecule has 2 aromatic carbocycles. The molecule has 0 fully saturated rings. The van der Waals surface area contributed by atoms with Crippen molar-refractivity contribution in [3.8, 4) is 0 Å². The summed E-state index contributed by atoms with van der Waals surface area (Å²) < 4.78 is 6.30. The first-order chi connectivity index (χ1) is 11.2. The minimum Gasteiger partial charge on any atom is -0.366 e. The maximum absolute atomic E-state index is 6.30. The largest absolute Gasteiger partial charge is 0.366 e.